The van der Waals surface area contributed by atoms with Crippen LogP contribution in [-0.4, -0.2) is 50.8 Å². The fourth-order valence-corrected chi connectivity index (χ4v) is 4.87. The summed E-state index contributed by atoms with van der Waals surface area (Å²) in [6.45, 7) is 3.27. The van der Waals surface area contributed by atoms with Crippen molar-refractivity contribution in [1.82, 2.24) is 20.3 Å². The maximum atomic E-state index is 12.7. The summed E-state index contributed by atoms with van der Waals surface area (Å²) >= 11 is 1.48. The molecule has 0 aliphatic heterocycles. The van der Waals surface area contributed by atoms with E-state index < -0.39 is 5.97 Å². The Hall–Kier alpha value is -3.66. The second-order valence-electron chi connectivity index (χ2n) is 9.57. The Morgan fingerprint density at radius 1 is 0.974 bits per heavy atom. The molecule has 0 spiro atoms. The standard InChI is InChI=1S/C28H34N6O3S/c1-18(20-6-4-3-5-7-20)16-30-26-32-27(34-28(33-26)38-2)31-23-14-12-21(13-15-23)24(35)29-17-19-8-10-22(11-9-19)25(36)37/h3-11,18,21,23H,12-17H2,1-2H3,(H,29,35)(H,36,37)(H2,30,31,32,33,34)/t18-,21?,23?/m0/s1. The predicted octanol–water partition coefficient (Wildman–Crippen LogP) is 4.79. The van der Waals surface area contributed by atoms with Crippen LogP contribution in [0.3, 0.4) is 0 Å². The van der Waals surface area contributed by atoms with E-state index in [1.165, 1.54) is 17.3 Å². The van der Waals surface area contributed by atoms with Crippen LogP contribution in [0.4, 0.5) is 11.9 Å². The van der Waals surface area contributed by atoms with Gasteiger partial charge >= 0.3 is 5.97 Å². The average molecular weight is 535 g/mol. The van der Waals surface area contributed by atoms with Crippen molar-refractivity contribution < 1.29 is 14.7 Å². The molecular weight excluding hydrogens is 500 g/mol. The Labute approximate surface area is 227 Å². The number of aromatic nitrogens is 3. The molecule has 1 atom stereocenters. The van der Waals surface area contributed by atoms with Gasteiger partial charge in [0.05, 0.1) is 5.56 Å². The second-order valence-corrected chi connectivity index (χ2v) is 10.3. The minimum absolute atomic E-state index is 0.0367. The SMILES string of the molecule is CSc1nc(NC[C@H](C)c2ccccc2)nc(NC2CCC(C(=O)NCc3ccc(C(=O)O)cc3)CC2)n1. The smallest absolute Gasteiger partial charge is 0.335 e. The molecule has 38 heavy (non-hydrogen) atoms. The normalized spacial score (nSPS) is 17.8. The highest BCUT2D eigenvalue weighted by Crippen LogP contribution is 2.27. The third-order valence-corrected chi connectivity index (χ3v) is 7.38. The molecule has 0 bridgehead atoms. The van der Waals surface area contributed by atoms with Crippen molar-refractivity contribution in [3.8, 4) is 0 Å². The van der Waals surface area contributed by atoms with Crippen molar-refractivity contribution in [3.63, 3.8) is 0 Å². The van der Waals surface area contributed by atoms with Crippen LogP contribution >= 0.6 is 11.8 Å². The molecule has 4 rings (SSSR count). The number of rotatable bonds is 11. The molecule has 0 saturated heterocycles. The topological polar surface area (TPSA) is 129 Å². The van der Waals surface area contributed by atoms with Gasteiger partial charge in [-0.05, 0) is 61.1 Å². The first-order valence-electron chi connectivity index (χ1n) is 12.9. The summed E-state index contributed by atoms with van der Waals surface area (Å²) in [5.41, 5.74) is 2.37. The Morgan fingerprint density at radius 2 is 1.66 bits per heavy atom. The van der Waals surface area contributed by atoms with Crippen molar-refractivity contribution in [1.29, 1.82) is 0 Å². The summed E-state index contributed by atoms with van der Waals surface area (Å²) < 4.78 is 0. The molecule has 1 fully saturated rings. The molecule has 1 saturated carbocycles. The van der Waals surface area contributed by atoms with Gasteiger partial charge in [0.15, 0.2) is 5.16 Å². The monoisotopic (exact) mass is 534 g/mol. The lowest BCUT2D eigenvalue weighted by Gasteiger charge is -2.28. The first-order valence-corrected chi connectivity index (χ1v) is 14.1. The number of hydrogen-bond donors (Lipinski definition) is 4. The van der Waals surface area contributed by atoms with Crippen molar-refractivity contribution in [3.05, 3.63) is 71.3 Å². The van der Waals surface area contributed by atoms with E-state index >= 15 is 0 Å². The van der Waals surface area contributed by atoms with Crippen LogP contribution in [-0.2, 0) is 11.3 Å². The lowest BCUT2D eigenvalue weighted by Crippen LogP contribution is -2.36. The summed E-state index contributed by atoms with van der Waals surface area (Å²) in [6.07, 6.45) is 5.20. The van der Waals surface area contributed by atoms with Crippen LogP contribution in [0.15, 0.2) is 59.8 Å². The Morgan fingerprint density at radius 3 is 2.32 bits per heavy atom. The number of hydrogen-bond acceptors (Lipinski definition) is 8. The third-order valence-electron chi connectivity index (χ3n) is 6.83. The van der Waals surface area contributed by atoms with Crippen LogP contribution in [0.25, 0.3) is 0 Å². The summed E-state index contributed by atoms with van der Waals surface area (Å²) in [4.78, 5) is 37.3. The number of amides is 1. The summed E-state index contributed by atoms with van der Waals surface area (Å²) in [5.74, 6) is 0.458. The number of nitrogens with zero attached hydrogens (tertiary/aromatic N) is 3. The van der Waals surface area contributed by atoms with Gasteiger partial charge in [0.1, 0.15) is 0 Å². The van der Waals surface area contributed by atoms with Gasteiger partial charge in [0.25, 0.3) is 0 Å². The average Bonchev–Trinajstić information content (AvgIpc) is 2.95. The van der Waals surface area contributed by atoms with Gasteiger partial charge in [-0.2, -0.15) is 15.0 Å². The molecule has 1 amide bonds. The highest BCUT2D eigenvalue weighted by Gasteiger charge is 2.27. The van der Waals surface area contributed by atoms with E-state index in [1.807, 2.05) is 24.5 Å². The van der Waals surface area contributed by atoms with Crippen molar-refractivity contribution >= 4 is 35.5 Å². The summed E-state index contributed by atoms with van der Waals surface area (Å²) in [5, 5.41) is 19.5. The number of aromatic carboxylic acids is 1. The molecule has 1 aromatic heterocycles. The van der Waals surface area contributed by atoms with E-state index in [4.69, 9.17) is 5.11 Å². The van der Waals surface area contributed by atoms with Gasteiger partial charge in [0, 0.05) is 25.0 Å². The number of carbonyl (C=O) groups is 2. The first-order chi connectivity index (χ1) is 18.4. The third kappa shape index (κ3) is 7.67. The highest BCUT2D eigenvalue weighted by atomic mass is 32.2. The van der Waals surface area contributed by atoms with E-state index in [1.54, 1.807) is 24.3 Å². The zero-order valence-electron chi connectivity index (χ0n) is 21.7. The quantitative estimate of drug-likeness (QED) is 0.257. The van der Waals surface area contributed by atoms with Crippen molar-refractivity contribution in [2.45, 2.75) is 56.3 Å². The van der Waals surface area contributed by atoms with Crippen molar-refractivity contribution in [2.24, 2.45) is 5.92 Å². The number of nitrogens with one attached hydrogen (secondary N) is 3. The molecule has 1 aliphatic carbocycles. The number of anilines is 2. The van der Waals surface area contributed by atoms with Gasteiger partial charge in [-0.15, -0.1) is 0 Å². The summed E-state index contributed by atoms with van der Waals surface area (Å²) in [6, 6.07) is 17.1. The van der Waals surface area contributed by atoms with Crippen LogP contribution in [0.2, 0.25) is 0 Å². The van der Waals surface area contributed by atoms with E-state index in [0.717, 1.165) is 31.2 Å². The molecule has 4 N–H and O–H groups in total. The van der Waals surface area contributed by atoms with Gasteiger partial charge in [-0.25, -0.2) is 4.79 Å². The molecular formula is C28H34N6O3S. The molecule has 1 aliphatic rings. The largest absolute Gasteiger partial charge is 0.478 e. The lowest BCUT2D eigenvalue weighted by atomic mass is 9.85. The van der Waals surface area contributed by atoms with Gasteiger partial charge < -0.3 is 21.1 Å². The summed E-state index contributed by atoms with van der Waals surface area (Å²) in [7, 11) is 0. The van der Waals surface area contributed by atoms with Gasteiger partial charge in [0.2, 0.25) is 17.8 Å². The number of carbonyl (C=O) groups excluding carboxylic acids is 1. The molecule has 1 heterocycles. The molecule has 0 unspecified atom stereocenters. The van der Waals surface area contributed by atoms with Crippen LogP contribution < -0.4 is 16.0 Å². The maximum absolute atomic E-state index is 12.7. The molecule has 200 valence electrons. The second kappa shape index (κ2) is 13.2. The zero-order valence-corrected chi connectivity index (χ0v) is 22.5. The van der Waals surface area contributed by atoms with E-state index in [0.29, 0.717) is 36.1 Å². The van der Waals surface area contributed by atoms with Crippen LogP contribution in [0, 0.1) is 5.92 Å². The molecule has 9 nitrogen and oxygen atoms in total. The number of benzene rings is 2. The molecule has 0 radical (unpaired) electrons. The van der Waals surface area contributed by atoms with Gasteiger partial charge in [-0.1, -0.05) is 61.2 Å². The van der Waals surface area contributed by atoms with Gasteiger partial charge in [-0.3, -0.25) is 4.79 Å². The minimum atomic E-state index is -0.960. The molecule has 10 heteroatoms. The van der Waals surface area contributed by atoms with E-state index in [9.17, 15) is 9.59 Å². The zero-order chi connectivity index (χ0) is 26.9. The first kappa shape index (κ1) is 27.4. The lowest BCUT2D eigenvalue weighted by molar-refractivity contribution is -0.126. The maximum Gasteiger partial charge on any atom is 0.335 e. The van der Waals surface area contributed by atoms with Crippen LogP contribution in [0.5, 0.6) is 0 Å². The Balaban J connectivity index is 1.26. The number of carboxylic acid groups (broad SMARTS) is 1. The van der Waals surface area contributed by atoms with E-state index in [2.05, 4.69) is 50.0 Å². The Bertz CT molecular complexity index is 1220. The number of carboxylic acids is 1. The highest BCUT2D eigenvalue weighted by molar-refractivity contribution is 7.98. The Kier molecular flexibility index (Phi) is 9.53. The number of thioether (sulfide) groups is 1. The minimum Gasteiger partial charge on any atom is -0.478 e. The predicted molar refractivity (Wildman–Crippen MR) is 150 cm³/mol. The van der Waals surface area contributed by atoms with E-state index in [-0.39, 0.29) is 23.4 Å². The molecule has 3 aromatic rings. The molecule has 2 aromatic carbocycles. The van der Waals surface area contributed by atoms with Crippen LogP contribution in [0.1, 0.15) is 60.0 Å². The van der Waals surface area contributed by atoms with Crippen molar-refractivity contribution in [2.75, 3.05) is 23.4 Å². The fraction of sp³-hybridized carbons (Fsp3) is 0.393. The fourth-order valence-electron chi connectivity index (χ4n) is 4.52.